The second kappa shape index (κ2) is 5.26. The number of aryl methyl sites for hydroxylation is 1. The molecule has 102 valence electrons. The van der Waals surface area contributed by atoms with E-state index in [4.69, 9.17) is 5.73 Å². The Bertz CT molecular complexity index is 706. The largest absolute Gasteiger partial charge is 0.368 e. The first-order chi connectivity index (χ1) is 9.74. The van der Waals surface area contributed by atoms with Gasteiger partial charge < -0.3 is 11.1 Å². The van der Waals surface area contributed by atoms with Gasteiger partial charge in [-0.1, -0.05) is 30.3 Å². The Morgan fingerprint density at radius 3 is 2.90 bits per heavy atom. The summed E-state index contributed by atoms with van der Waals surface area (Å²) in [5.41, 5.74) is 8.16. The zero-order valence-corrected chi connectivity index (χ0v) is 11.2. The molecule has 3 aromatic rings. The molecule has 6 heteroatoms. The molecular weight excluding hydrogens is 252 g/mol. The molecule has 0 saturated heterocycles. The Morgan fingerprint density at radius 1 is 1.30 bits per heavy atom. The van der Waals surface area contributed by atoms with Gasteiger partial charge in [-0.2, -0.15) is 14.6 Å². The highest BCUT2D eigenvalue weighted by Gasteiger charge is 2.08. The second-order valence-corrected chi connectivity index (χ2v) is 4.65. The Hall–Kier alpha value is -2.47. The van der Waals surface area contributed by atoms with Crippen LogP contribution in [-0.4, -0.2) is 26.1 Å². The summed E-state index contributed by atoms with van der Waals surface area (Å²) >= 11 is 0. The van der Waals surface area contributed by atoms with E-state index in [-0.39, 0.29) is 6.04 Å². The van der Waals surface area contributed by atoms with Gasteiger partial charge in [0.05, 0.1) is 0 Å². The fourth-order valence-electron chi connectivity index (χ4n) is 2.09. The predicted molar refractivity (Wildman–Crippen MR) is 77.4 cm³/mol. The van der Waals surface area contributed by atoms with Crippen LogP contribution in [0.4, 0.5) is 5.82 Å². The van der Waals surface area contributed by atoms with Crippen molar-refractivity contribution >= 4 is 11.6 Å². The van der Waals surface area contributed by atoms with E-state index in [0.29, 0.717) is 12.3 Å². The average molecular weight is 268 g/mol. The zero-order valence-electron chi connectivity index (χ0n) is 11.2. The van der Waals surface area contributed by atoms with E-state index >= 15 is 0 Å². The SMILES string of the molecule is Cc1cc(NCC(N)c2ccccc2)n2ncnc2n1. The number of anilines is 1. The normalized spacial score (nSPS) is 12.5. The number of rotatable bonds is 4. The molecule has 2 heterocycles. The third-order valence-corrected chi connectivity index (χ3v) is 3.11. The molecular formula is C14H16N6. The molecule has 1 aromatic carbocycles. The Morgan fingerprint density at radius 2 is 2.10 bits per heavy atom. The summed E-state index contributed by atoms with van der Waals surface area (Å²) in [7, 11) is 0. The lowest BCUT2D eigenvalue weighted by atomic mass is 10.1. The van der Waals surface area contributed by atoms with E-state index in [1.165, 1.54) is 6.33 Å². The average Bonchev–Trinajstić information content (AvgIpc) is 2.93. The number of aromatic nitrogens is 4. The highest BCUT2D eigenvalue weighted by Crippen LogP contribution is 2.13. The molecule has 1 unspecified atom stereocenters. The van der Waals surface area contributed by atoms with E-state index in [9.17, 15) is 0 Å². The van der Waals surface area contributed by atoms with Gasteiger partial charge in [0.25, 0.3) is 5.78 Å². The number of benzene rings is 1. The van der Waals surface area contributed by atoms with Crippen molar-refractivity contribution in [2.45, 2.75) is 13.0 Å². The summed E-state index contributed by atoms with van der Waals surface area (Å²) < 4.78 is 1.67. The lowest BCUT2D eigenvalue weighted by Crippen LogP contribution is -2.21. The molecule has 0 aliphatic rings. The Kier molecular flexibility index (Phi) is 3.30. The van der Waals surface area contributed by atoms with Crippen molar-refractivity contribution in [3.8, 4) is 0 Å². The van der Waals surface area contributed by atoms with Crippen LogP contribution in [0.1, 0.15) is 17.3 Å². The van der Waals surface area contributed by atoms with E-state index in [2.05, 4.69) is 20.4 Å². The smallest absolute Gasteiger partial charge is 0.254 e. The van der Waals surface area contributed by atoms with Crippen molar-refractivity contribution in [2.24, 2.45) is 5.73 Å². The molecule has 0 fully saturated rings. The number of nitrogens with two attached hydrogens (primary N) is 1. The molecule has 0 bridgehead atoms. The van der Waals surface area contributed by atoms with Gasteiger partial charge in [-0.3, -0.25) is 0 Å². The first-order valence-corrected chi connectivity index (χ1v) is 6.46. The van der Waals surface area contributed by atoms with Gasteiger partial charge in [0, 0.05) is 24.3 Å². The molecule has 0 radical (unpaired) electrons. The fourth-order valence-corrected chi connectivity index (χ4v) is 2.09. The molecule has 3 N–H and O–H groups in total. The van der Waals surface area contributed by atoms with Gasteiger partial charge in [0.1, 0.15) is 12.1 Å². The number of hydrogen-bond donors (Lipinski definition) is 2. The first-order valence-electron chi connectivity index (χ1n) is 6.46. The first kappa shape index (κ1) is 12.6. The van der Waals surface area contributed by atoms with Crippen molar-refractivity contribution in [2.75, 3.05) is 11.9 Å². The van der Waals surface area contributed by atoms with Crippen LogP contribution in [0.15, 0.2) is 42.7 Å². The molecule has 0 spiro atoms. The summed E-state index contributed by atoms with van der Waals surface area (Å²) in [5.74, 6) is 1.43. The molecule has 20 heavy (non-hydrogen) atoms. The quantitative estimate of drug-likeness (QED) is 0.750. The molecule has 2 aromatic heterocycles. The number of nitrogens with one attached hydrogen (secondary N) is 1. The Labute approximate surface area is 116 Å². The number of nitrogens with zero attached hydrogens (tertiary/aromatic N) is 4. The van der Waals surface area contributed by atoms with Crippen molar-refractivity contribution < 1.29 is 0 Å². The van der Waals surface area contributed by atoms with Crippen LogP contribution in [0, 0.1) is 6.92 Å². The number of hydrogen-bond acceptors (Lipinski definition) is 5. The summed E-state index contributed by atoms with van der Waals surface area (Å²) in [5, 5.41) is 7.46. The molecule has 6 nitrogen and oxygen atoms in total. The van der Waals surface area contributed by atoms with Gasteiger partial charge in [0.2, 0.25) is 0 Å². The van der Waals surface area contributed by atoms with Crippen LogP contribution >= 0.6 is 0 Å². The third kappa shape index (κ3) is 2.46. The van der Waals surface area contributed by atoms with E-state index in [0.717, 1.165) is 17.1 Å². The minimum absolute atomic E-state index is 0.0803. The molecule has 0 saturated carbocycles. The van der Waals surface area contributed by atoms with Crippen LogP contribution in [0.5, 0.6) is 0 Å². The highest BCUT2D eigenvalue weighted by molar-refractivity contribution is 5.45. The third-order valence-electron chi connectivity index (χ3n) is 3.11. The summed E-state index contributed by atoms with van der Waals surface area (Å²) in [6, 6.07) is 11.9. The topological polar surface area (TPSA) is 81.1 Å². The summed E-state index contributed by atoms with van der Waals surface area (Å²) in [6.07, 6.45) is 1.49. The van der Waals surface area contributed by atoms with Gasteiger partial charge in [-0.25, -0.2) is 4.98 Å². The van der Waals surface area contributed by atoms with Crippen LogP contribution in [0.25, 0.3) is 5.78 Å². The maximum atomic E-state index is 6.18. The fraction of sp³-hybridized carbons (Fsp3) is 0.214. The van der Waals surface area contributed by atoms with Crippen LogP contribution in [-0.2, 0) is 0 Å². The molecule has 0 aliphatic carbocycles. The van der Waals surface area contributed by atoms with Gasteiger partial charge in [0.15, 0.2) is 0 Å². The van der Waals surface area contributed by atoms with Crippen molar-refractivity contribution in [1.29, 1.82) is 0 Å². The monoisotopic (exact) mass is 268 g/mol. The maximum absolute atomic E-state index is 6.18. The van der Waals surface area contributed by atoms with Crippen LogP contribution < -0.4 is 11.1 Å². The van der Waals surface area contributed by atoms with E-state index in [1.807, 2.05) is 43.3 Å². The molecule has 3 rings (SSSR count). The van der Waals surface area contributed by atoms with Crippen molar-refractivity contribution in [3.63, 3.8) is 0 Å². The minimum Gasteiger partial charge on any atom is -0.368 e. The van der Waals surface area contributed by atoms with Gasteiger partial charge >= 0.3 is 0 Å². The van der Waals surface area contributed by atoms with Gasteiger partial charge in [-0.15, -0.1) is 0 Å². The van der Waals surface area contributed by atoms with Crippen LogP contribution in [0.2, 0.25) is 0 Å². The minimum atomic E-state index is -0.0803. The van der Waals surface area contributed by atoms with Gasteiger partial charge in [-0.05, 0) is 12.5 Å². The Balaban J connectivity index is 1.78. The summed E-state index contributed by atoms with van der Waals surface area (Å²) in [6.45, 7) is 2.54. The molecule has 0 aliphatic heterocycles. The van der Waals surface area contributed by atoms with E-state index < -0.39 is 0 Å². The highest BCUT2D eigenvalue weighted by atomic mass is 15.3. The van der Waals surface area contributed by atoms with Crippen molar-refractivity contribution in [1.82, 2.24) is 19.6 Å². The predicted octanol–water partition coefficient (Wildman–Crippen LogP) is 1.54. The number of fused-ring (bicyclic) bond motifs is 1. The molecule has 1 atom stereocenters. The van der Waals surface area contributed by atoms with Crippen LogP contribution in [0.3, 0.4) is 0 Å². The lowest BCUT2D eigenvalue weighted by Gasteiger charge is -2.14. The standard InChI is InChI=1S/C14H16N6/c1-10-7-13(20-14(19-10)17-9-18-20)16-8-12(15)11-5-3-2-4-6-11/h2-7,9,12,16H,8,15H2,1H3. The maximum Gasteiger partial charge on any atom is 0.254 e. The summed E-state index contributed by atoms with van der Waals surface area (Å²) in [4.78, 5) is 8.39. The van der Waals surface area contributed by atoms with Crippen molar-refractivity contribution in [3.05, 3.63) is 54.0 Å². The lowest BCUT2D eigenvalue weighted by molar-refractivity contribution is 0.755. The molecule has 0 amide bonds. The zero-order chi connectivity index (χ0) is 13.9. The van der Waals surface area contributed by atoms with E-state index in [1.54, 1.807) is 4.52 Å². The second-order valence-electron chi connectivity index (χ2n) is 4.65.